The van der Waals surface area contributed by atoms with Gasteiger partial charge in [-0.05, 0) is 24.7 Å². The van der Waals surface area contributed by atoms with Gasteiger partial charge in [0.15, 0.2) is 40.7 Å². The summed E-state index contributed by atoms with van der Waals surface area (Å²) in [4.78, 5) is 0. The van der Waals surface area contributed by atoms with Crippen molar-refractivity contribution in [2.75, 3.05) is 12.8 Å². The van der Waals surface area contributed by atoms with E-state index in [0.717, 1.165) is 20.4 Å². The molecule has 0 fully saturated rings. The molecule has 3 unspecified atom stereocenters. The van der Waals surface area contributed by atoms with Crippen LogP contribution in [-0.4, -0.2) is 19.0 Å². The molecule has 17 heteroatoms. The fourth-order valence-electron chi connectivity index (χ4n) is 4.37. The number of benzene rings is 2. The largest absolute Gasteiger partial charge is 0.458 e. The molecule has 0 bridgehead atoms. The van der Waals surface area contributed by atoms with Crippen LogP contribution in [0.2, 0.25) is 0 Å². The van der Waals surface area contributed by atoms with E-state index in [1.807, 2.05) is 0 Å². The van der Waals surface area contributed by atoms with E-state index in [1.165, 1.54) is 38.3 Å². The average Bonchev–Trinajstić information content (AvgIpc) is 2.91. The van der Waals surface area contributed by atoms with Crippen LogP contribution < -0.4 is 0 Å². The maximum absolute atomic E-state index is 13.9. The van der Waals surface area contributed by atoms with Gasteiger partial charge in [-0.1, -0.05) is 52.9 Å². The van der Waals surface area contributed by atoms with E-state index in [4.69, 9.17) is 0 Å². The minimum atomic E-state index is -7.10. The van der Waals surface area contributed by atoms with Gasteiger partial charge >= 0.3 is 18.3 Å². The highest BCUT2D eigenvalue weighted by molar-refractivity contribution is 7.36. The van der Waals surface area contributed by atoms with Crippen LogP contribution in [0.25, 0.3) is 11.1 Å². The first-order valence-corrected chi connectivity index (χ1v) is 14.6. The molecule has 3 atom stereocenters. The summed E-state index contributed by atoms with van der Waals surface area (Å²) in [6, 6.07) is 0. The van der Waals surface area contributed by atoms with Crippen LogP contribution >= 0.6 is 8.58 Å². The van der Waals surface area contributed by atoms with E-state index < -0.39 is 87.1 Å². The lowest BCUT2D eigenvalue weighted by atomic mass is 9.88. The third kappa shape index (κ3) is 8.51. The molecule has 0 heterocycles. The fraction of sp³-hybridized carbons (Fsp3) is 0.556. The van der Waals surface area contributed by atoms with Crippen molar-refractivity contribution in [2.24, 2.45) is 11.8 Å². The zero-order chi connectivity index (χ0) is 34.5. The Kier molecular flexibility index (Phi) is 13.9. The topological polar surface area (TPSA) is 0 Å². The molecule has 2 aromatic rings. The standard InChI is InChI=1S/C15F16.C12H27P/c16-5-2(6(17)10(21)12(23)9(5)20)1-3(13(24,25)15(29,30)31)7(18)11(22)8(19)4(1)14(26,27)28;1-5-7-12(6-2)9-8-11(3)10-13-4/h;11-13H,5-10H2,1-4H3. The number of hydrogen-bond donors (Lipinski definition) is 0. The Morgan fingerprint density at radius 1 is 0.568 bits per heavy atom. The molecule has 0 aromatic heterocycles. The van der Waals surface area contributed by atoms with E-state index in [1.54, 1.807) is 0 Å². The molecule has 0 saturated heterocycles. The van der Waals surface area contributed by atoms with Crippen LogP contribution in [-0.2, 0) is 12.1 Å². The van der Waals surface area contributed by atoms with Crippen molar-refractivity contribution in [1.29, 1.82) is 0 Å². The van der Waals surface area contributed by atoms with Gasteiger partial charge in [-0.15, -0.1) is 8.58 Å². The Morgan fingerprint density at radius 2 is 1.00 bits per heavy atom. The lowest BCUT2D eigenvalue weighted by Gasteiger charge is -2.26. The predicted octanol–water partition coefficient (Wildman–Crippen LogP) is 11.7. The summed E-state index contributed by atoms with van der Waals surface area (Å²) >= 11 is 0. The smallest absolute Gasteiger partial charge is 0.203 e. The van der Waals surface area contributed by atoms with Gasteiger partial charge in [0, 0.05) is 5.56 Å². The second kappa shape index (κ2) is 15.4. The molecule has 0 spiro atoms. The molecule has 0 radical (unpaired) electrons. The van der Waals surface area contributed by atoms with Crippen LogP contribution in [0.3, 0.4) is 0 Å². The number of rotatable bonds is 10. The van der Waals surface area contributed by atoms with Crippen LogP contribution in [0, 0.1) is 58.4 Å². The van der Waals surface area contributed by atoms with Crippen LogP contribution in [0.1, 0.15) is 64.0 Å². The van der Waals surface area contributed by atoms with Crippen molar-refractivity contribution in [1.82, 2.24) is 0 Å². The van der Waals surface area contributed by atoms with Gasteiger partial charge in [-0.2, -0.15) is 35.1 Å². The first-order valence-electron chi connectivity index (χ1n) is 12.9. The van der Waals surface area contributed by atoms with E-state index in [9.17, 15) is 70.2 Å². The molecule has 0 nitrogen and oxygen atoms in total. The highest BCUT2D eigenvalue weighted by atomic mass is 31.1. The van der Waals surface area contributed by atoms with Crippen molar-refractivity contribution in [3.8, 4) is 11.1 Å². The zero-order valence-electron chi connectivity index (χ0n) is 23.4. The first kappa shape index (κ1) is 39.8. The summed E-state index contributed by atoms with van der Waals surface area (Å²) in [5.74, 6) is -32.2. The van der Waals surface area contributed by atoms with Gasteiger partial charge < -0.3 is 0 Å². The third-order valence-electron chi connectivity index (χ3n) is 6.63. The molecule has 252 valence electrons. The van der Waals surface area contributed by atoms with Crippen LogP contribution in [0.15, 0.2) is 0 Å². The Bertz CT molecular complexity index is 1250. The Hall–Kier alpha value is -2.25. The van der Waals surface area contributed by atoms with E-state index >= 15 is 0 Å². The summed E-state index contributed by atoms with van der Waals surface area (Å²) in [7, 11) is 1.14. The molecule has 2 aromatic carbocycles. The lowest BCUT2D eigenvalue weighted by Crippen LogP contribution is -2.36. The van der Waals surface area contributed by atoms with Crippen LogP contribution in [0.4, 0.5) is 70.2 Å². The summed E-state index contributed by atoms with van der Waals surface area (Å²) < 4.78 is 214. The van der Waals surface area contributed by atoms with Crippen molar-refractivity contribution in [2.45, 2.75) is 71.2 Å². The second-order valence-corrected chi connectivity index (χ2v) is 11.0. The summed E-state index contributed by atoms with van der Waals surface area (Å²) in [5.41, 5.74) is -14.2. The Balaban J connectivity index is 0.000000627. The molecule has 0 aliphatic heterocycles. The summed E-state index contributed by atoms with van der Waals surface area (Å²) in [6.45, 7) is 9.38. The van der Waals surface area contributed by atoms with Gasteiger partial charge in [0.05, 0.1) is 11.1 Å². The first-order chi connectivity index (χ1) is 20.0. The molecule has 2 rings (SSSR count). The zero-order valence-corrected chi connectivity index (χ0v) is 24.4. The molecule has 0 amide bonds. The van der Waals surface area contributed by atoms with Gasteiger partial charge in [-0.25, -0.2) is 35.1 Å². The van der Waals surface area contributed by atoms with Crippen molar-refractivity contribution in [3.63, 3.8) is 0 Å². The van der Waals surface area contributed by atoms with Gasteiger partial charge in [0.2, 0.25) is 5.82 Å². The molecule has 0 aliphatic carbocycles. The number of hydrogen-bond acceptors (Lipinski definition) is 0. The summed E-state index contributed by atoms with van der Waals surface area (Å²) in [6.07, 6.45) is -5.13. The molecule has 0 aliphatic rings. The second-order valence-electron chi connectivity index (χ2n) is 9.88. The average molecular weight is 686 g/mol. The van der Waals surface area contributed by atoms with Gasteiger partial charge in [-0.3, -0.25) is 0 Å². The Morgan fingerprint density at radius 3 is 1.39 bits per heavy atom. The molecular weight excluding hydrogens is 659 g/mol. The van der Waals surface area contributed by atoms with E-state index in [-0.39, 0.29) is 0 Å². The van der Waals surface area contributed by atoms with Crippen molar-refractivity contribution < 1.29 is 70.2 Å². The van der Waals surface area contributed by atoms with Crippen molar-refractivity contribution >= 4 is 8.58 Å². The highest BCUT2D eigenvalue weighted by Crippen LogP contribution is 2.53. The maximum atomic E-state index is 13.9. The van der Waals surface area contributed by atoms with Crippen molar-refractivity contribution in [3.05, 3.63) is 57.7 Å². The SMILES string of the molecule is CCCC(CC)CCC(C)CPC.Fc1c(F)c(F)c(-c2c(C(F)(F)F)c(F)c(F)c(F)c2C(F)(F)C(F)(F)F)c(F)c1F. The van der Waals surface area contributed by atoms with Gasteiger partial charge in [0.1, 0.15) is 5.56 Å². The third-order valence-corrected chi connectivity index (χ3v) is 7.74. The quantitative estimate of drug-likeness (QED) is 0.101. The Labute approximate surface area is 244 Å². The fourth-order valence-corrected chi connectivity index (χ4v) is 5.27. The van der Waals surface area contributed by atoms with E-state index in [2.05, 4.69) is 27.4 Å². The minimum absolute atomic E-state index is 0.967. The van der Waals surface area contributed by atoms with Gasteiger partial charge in [0.25, 0.3) is 0 Å². The normalized spacial score (nSPS) is 14.2. The van der Waals surface area contributed by atoms with E-state index in [0.29, 0.717) is 0 Å². The summed E-state index contributed by atoms with van der Waals surface area (Å²) in [5, 5.41) is 0. The highest BCUT2D eigenvalue weighted by Gasteiger charge is 2.63. The number of alkyl halides is 8. The molecule has 0 saturated carbocycles. The molecule has 0 N–H and O–H groups in total. The predicted molar refractivity (Wildman–Crippen MR) is 133 cm³/mol. The minimum Gasteiger partial charge on any atom is -0.203 e. The lowest BCUT2D eigenvalue weighted by molar-refractivity contribution is -0.290. The monoisotopic (exact) mass is 686 g/mol. The maximum Gasteiger partial charge on any atom is 0.458 e. The van der Waals surface area contributed by atoms with Crippen LogP contribution in [0.5, 0.6) is 0 Å². The molecule has 44 heavy (non-hydrogen) atoms. The number of halogens is 16. The molecular formula is C27H27F16P.